The smallest absolute Gasteiger partial charge is 0.0139 e. The Hall–Kier alpha value is -2.34. The van der Waals surface area contributed by atoms with Crippen molar-refractivity contribution < 1.29 is 0 Å². The van der Waals surface area contributed by atoms with Gasteiger partial charge < -0.3 is 0 Å². The third kappa shape index (κ3) is 1.69. The van der Waals surface area contributed by atoms with E-state index in [1.807, 2.05) is 12.2 Å². The minimum Gasteiger partial charge on any atom is -0.0984 e. The highest BCUT2D eigenvalue weighted by Crippen LogP contribution is 2.33. The molecule has 0 spiro atoms. The molecule has 0 heterocycles. The van der Waals surface area contributed by atoms with Crippen LogP contribution in [0.2, 0.25) is 0 Å². The van der Waals surface area contributed by atoms with Crippen LogP contribution in [-0.4, -0.2) is 0 Å². The normalized spacial score (nSPS) is 10.9. The van der Waals surface area contributed by atoms with Crippen LogP contribution in [0.3, 0.4) is 0 Å². The minimum atomic E-state index is 1.16. The standard InChI is InChI=1S/C20H18/c1-5-15-11-19-14(4)18-10-8-7-9-16(18)12-20(19)13(3)17(15)6-2/h5-12H,1-2H2,3-4H3. The number of fused-ring (bicyclic) bond motifs is 2. The van der Waals surface area contributed by atoms with E-state index in [0.29, 0.717) is 0 Å². The van der Waals surface area contributed by atoms with Gasteiger partial charge in [-0.15, -0.1) is 0 Å². The van der Waals surface area contributed by atoms with Crippen molar-refractivity contribution in [1.29, 1.82) is 0 Å². The van der Waals surface area contributed by atoms with Crippen LogP contribution in [0.1, 0.15) is 22.3 Å². The molecule has 0 radical (unpaired) electrons. The SMILES string of the molecule is C=Cc1cc2c(C)c3ccccc3cc2c(C)c1C=C. The summed E-state index contributed by atoms with van der Waals surface area (Å²) in [4.78, 5) is 0. The van der Waals surface area contributed by atoms with Crippen molar-refractivity contribution in [2.24, 2.45) is 0 Å². The first-order valence-electron chi connectivity index (χ1n) is 6.88. The Morgan fingerprint density at radius 3 is 2.20 bits per heavy atom. The van der Waals surface area contributed by atoms with Gasteiger partial charge in [-0.2, -0.15) is 0 Å². The molecule has 0 atom stereocenters. The summed E-state index contributed by atoms with van der Waals surface area (Å²) in [7, 11) is 0. The summed E-state index contributed by atoms with van der Waals surface area (Å²) >= 11 is 0. The molecule has 0 aliphatic rings. The molecule has 0 fully saturated rings. The van der Waals surface area contributed by atoms with Crippen LogP contribution in [-0.2, 0) is 0 Å². The molecule has 98 valence electrons. The molecule has 0 aliphatic heterocycles. The molecule has 0 N–H and O–H groups in total. The van der Waals surface area contributed by atoms with Gasteiger partial charge in [0.25, 0.3) is 0 Å². The average Bonchev–Trinajstić information content (AvgIpc) is 2.48. The molecule has 0 aliphatic carbocycles. The summed E-state index contributed by atoms with van der Waals surface area (Å²) < 4.78 is 0. The minimum absolute atomic E-state index is 1.16. The maximum Gasteiger partial charge on any atom is -0.0139 e. The number of aryl methyl sites for hydroxylation is 2. The summed E-state index contributed by atoms with van der Waals surface area (Å²) in [5, 5.41) is 5.23. The summed E-state index contributed by atoms with van der Waals surface area (Å²) in [6.45, 7) is 12.2. The molecule has 20 heavy (non-hydrogen) atoms. The van der Waals surface area contributed by atoms with E-state index in [2.05, 4.69) is 63.4 Å². The van der Waals surface area contributed by atoms with E-state index in [-0.39, 0.29) is 0 Å². The lowest BCUT2D eigenvalue weighted by atomic mass is 9.90. The van der Waals surface area contributed by atoms with Gasteiger partial charge >= 0.3 is 0 Å². The number of benzene rings is 3. The molecule has 0 nitrogen and oxygen atoms in total. The van der Waals surface area contributed by atoms with Crippen LogP contribution in [0.4, 0.5) is 0 Å². The first-order chi connectivity index (χ1) is 9.67. The van der Waals surface area contributed by atoms with Gasteiger partial charge in [0.2, 0.25) is 0 Å². The highest BCUT2D eigenvalue weighted by Gasteiger charge is 2.10. The van der Waals surface area contributed by atoms with E-state index in [1.165, 1.54) is 38.2 Å². The molecule has 3 rings (SSSR count). The Bertz CT molecular complexity index is 851. The van der Waals surface area contributed by atoms with Crippen LogP contribution in [0.5, 0.6) is 0 Å². The average molecular weight is 258 g/mol. The lowest BCUT2D eigenvalue weighted by molar-refractivity contribution is 1.47. The van der Waals surface area contributed by atoms with Crippen molar-refractivity contribution >= 4 is 33.7 Å². The van der Waals surface area contributed by atoms with Gasteiger partial charge in [0, 0.05) is 0 Å². The van der Waals surface area contributed by atoms with Gasteiger partial charge in [0.15, 0.2) is 0 Å². The molecular weight excluding hydrogens is 240 g/mol. The molecule has 3 aromatic rings. The third-order valence-electron chi connectivity index (χ3n) is 4.20. The van der Waals surface area contributed by atoms with Gasteiger partial charge in [0.05, 0.1) is 0 Å². The van der Waals surface area contributed by atoms with Crippen molar-refractivity contribution in [3.63, 3.8) is 0 Å². The topological polar surface area (TPSA) is 0 Å². The van der Waals surface area contributed by atoms with Crippen LogP contribution in [0.25, 0.3) is 33.7 Å². The lowest BCUT2D eigenvalue weighted by Gasteiger charge is -2.14. The molecular formula is C20H18. The predicted octanol–water partition coefficient (Wildman–Crippen LogP) is 5.90. The molecule has 0 saturated carbocycles. The zero-order valence-electron chi connectivity index (χ0n) is 12.0. The van der Waals surface area contributed by atoms with Crippen LogP contribution >= 0.6 is 0 Å². The Balaban J connectivity index is 2.58. The largest absolute Gasteiger partial charge is 0.0984 e. The summed E-state index contributed by atoms with van der Waals surface area (Å²) in [6, 6.07) is 13.1. The zero-order valence-corrected chi connectivity index (χ0v) is 12.0. The van der Waals surface area contributed by atoms with Gasteiger partial charge in [-0.1, -0.05) is 49.6 Å². The molecule has 0 amide bonds. The van der Waals surface area contributed by atoms with Crippen molar-refractivity contribution in [3.05, 3.63) is 71.8 Å². The zero-order chi connectivity index (χ0) is 14.3. The Kier molecular flexibility index (Phi) is 2.94. The van der Waals surface area contributed by atoms with E-state index in [9.17, 15) is 0 Å². The van der Waals surface area contributed by atoms with Crippen LogP contribution < -0.4 is 0 Å². The maximum atomic E-state index is 3.94. The van der Waals surface area contributed by atoms with Gasteiger partial charge in [-0.05, 0) is 69.8 Å². The van der Waals surface area contributed by atoms with E-state index < -0.39 is 0 Å². The van der Waals surface area contributed by atoms with E-state index in [4.69, 9.17) is 0 Å². The van der Waals surface area contributed by atoms with Crippen LogP contribution in [0.15, 0.2) is 49.6 Å². The van der Waals surface area contributed by atoms with Gasteiger partial charge in [0.1, 0.15) is 0 Å². The van der Waals surface area contributed by atoms with Gasteiger partial charge in [-0.3, -0.25) is 0 Å². The maximum absolute atomic E-state index is 3.94. The fourth-order valence-electron chi connectivity index (χ4n) is 3.08. The highest BCUT2D eigenvalue weighted by molar-refractivity contribution is 6.05. The molecule has 0 unspecified atom stereocenters. The third-order valence-corrected chi connectivity index (χ3v) is 4.20. The second-order valence-electron chi connectivity index (χ2n) is 5.23. The van der Waals surface area contributed by atoms with E-state index in [0.717, 1.165) is 5.56 Å². The van der Waals surface area contributed by atoms with Crippen molar-refractivity contribution in [2.75, 3.05) is 0 Å². The highest BCUT2D eigenvalue weighted by atomic mass is 14.1. The fourth-order valence-corrected chi connectivity index (χ4v) is 3.08. The van der Waals surface area contributed by atoms with Crippen molar-refractivity contribution in [2.45, 2.75) is 13.8 Å². The second kappa shape index (κ2) is 4.64. The summed E-state index contributed by atoms with van der Waals surface area (Å²) in [5.74, 6) is 0. The first-order valence-corrected chi connectivity index (χ1v) is 6.88. The Morgan fingerprint density at radius 1 is 0.800 bits per heavy atom. The molecule has 0 saturated heterocycles. The second-order valence-corrected chi connectivity index (χ2v) is 5.23. The van der Waals surface area contributed by atoms with Crippen LogP contribution in [0, 0.1) is 13.8 Å². The summed E-state index contributed by atoms with van der Waals surface area (Å²) in [6.07, 6.45) is 3.84. The Morgan fingerprint density at radius 2 is 1.50 bits per heavy atom. The quantitative estimate of drug-likeness (QED) is 0.502. The first kappa shape index (κ1) is 12.7. The Labute approximate surface area is 120 Å². The number of hydrogen-bond acceptors (Lipinski definition) is 0. The molecule has 0 bridgehead atoms. The molecule has 3 aromatic carbocycles. The van der Waals surface area contributed by atoms with Gasteiger partial charge in [-0.25, -0.2) is 0 Å². The van der Waals surface area contributed by atoms with E-state index in [1.54, 1.807) is 0 Å². The lowest BCUT2D eigenvalue weighted by Crippen LogP contribution is -1.92. The molecule has 0 heteroatoms. The fraction of sp³-hybridized carbons (Fsp3) is 0.100. The number of hydrogen-bond donors (Lipinski definition) is 0. The van der Waals surface area contributed by atoms with Crippen molar-refractivity contribution in [3.8, 4) is 0 Å². The van der Waals surface area contributed by atoms with E-state index >= 15 is 0 Å². The predicted molar refractivity (Wildman–Crippen MR) is 91.1 cm³/mol. The number of rotatable bonds is 2. The monoisotopic (exact) mass is 258 g/mol. The van der Waals surface area contributed by atoms with Crippen molar-refractivity contribution in [1.82, 2.24) is 0 Å². The summed E-state index contributed by atoms with van der Waals surface area (Å²) in [5.41, 5.74) is 4.95. The molecule has 0 aromatic heterocycles.